The highest BCUT2D eigenvalue weighted by Gasteiger charge is 2.40. The Labute approximate surface area is 390 Å². The van der Waals surface area contributed by atoms with Crippen LogP contribution in [0.4, 0.5) is 11.4 Å². The molecular weight excluding hydrogens is 865 g/mol. The molecular formula is C52H50N8O4S2. The van der Waals surface area contributed by atoms with Gasteiger partial charge in [-0.3, -0.25) is 19.2 Å². The first-order chi connectivity index (χ1) is 32.3. The Morgan fingerprint density at radius 1 is 0.591 bits per heavy atom. The van der Waals surface area contributed by atoms with Crippen LogP contribution >= 0.6 is 22.7 Å². The normalized spacial score (nSPS) is 18.2. The molecule has 0 saturated heterocycles. The van der Waals surface area contributed by atoms with E-state index < -0.39 is 0 Å². The van der Waals surface area contributed by atoms with E-state index in [4.69, 9.17) is 0 Å². The van der Waals surface area contributed by atoms with Gasteiger partial charge in [-0.25, -0.2) is 19.0 Å². The van der Waals surface area contributed by atoms with E-state index in [0.717, 1.165) is 58.6 Å². The van der Waals surface area contributed by atoms with Crippen molar-refractivity contribution in [3.8, 4) is 22.5 Å². The minimum Gasteiger partial charge on any atom is -0.326 e. The van der Waals surface area contributed by atoms with Crippen molar-refractivity contribution in [1.82, 2.24) is 29.2 Å². The largest absolute Gasteiger partial charge is 0.326 e. The number of fused-ring (bicyclic) bond motifs is 4. The van der Waals surface area contributed by atoms with E-state index in [1.54, 1.807) is 33.8 Å². The third-order valence-corrected chi connectivity index (χ3v) is 15.2. The number of hydrogen-bond acceptors (Lipinski definition) is 10. The van der Waals surface area contributed by atoms with Crippen LogP contribution in [0.5, 0.6) is 0 Å². The fourth-order valence-electron chi connectivity index (χ4n) is 10.3. The number of nitrogens with zero attached hydrogens (tertiary/aromatic N) is 6. The Morgan fingerprint density at radius 3 is 1.62 bits per heavy atom. The molecule has 0 spiro atoms. The molecule has 6 aromatic heterocycles. The number of hydrogen-bond donors (Lipinski definition) is 2. The van der Waals surface area contributed by atoms with E-state index in [0.29, 0.717) is 56.9 Å². The molecule has 2 bridgehead atoms. The second-order valence-electron chi connectivity index (χ2n) is 17.8. The van der Waals surface area contributed by atoms with Crippen LogP contribution in [0.25, 0.3) is 33.8 Å². The number of benzene rings is 2. The van der Waals surface area contributed by atoms with Crippen LogP contribution in [-0.2, 0) is 9.59 Å². The number of amides is 2. The van der Waals surface area contributed by atoms with Crippen LogP contribution in [0, 0.1) is 23.7 Å². The van der Waals surface area contributed by atoms with E-state index in [-0.39, 0.29) is 23.4 Å². The highest BCUT2D eigenvalue weighted by molar-refractivity contribution is 7.12. The highest BCUT2D eigenvalue weighted by atomic mass is 32.1. The Kier molecular flexibility index (Phi) is 12.7. The minimum atomic E-state index is -0.0795. The first-order valence-corrected chi connectivity index (χ1v) is 24.7. The second kappa shape index (κ2) is 19.4. The van der Waals surface area contributed by atoms with E-state index in [1.807, 2.05) is 95.7 Å². The first-order valence-electron chi connectivity index (χ1n) is 23.0. The number of rotatable bonds is 12. The summed E-state index contributed by atoms with van der Waals surface area (Å²) in [6.07, 6.45) is 20.2. The fourth-order valence-corrected chi connectivity index (χ4v) is 11.6. The van der Waals surface area contributed by atoms with Crippen LogP contribution in [0.2, 0.25) is 0 Å². The van der Waals surface area contributed by atoms with Crippen molar-refractivity contribution in [1.29, 1.82) is 0 Å². The summed E-state index contributed by atoms with van der Waals surface area (Å²) in [4.78, 5) is 61.3. The molecule has 3 aliphatic carbocycles. The summed E-state index contributed by atoms with van der Waals surface area (Å²) in [6.45, 7) is 0. The van der Waals surface area contributed by atoms with Crippen molar-refractivity contribution in [2.75, 3.05) is 10.6 Å². The lowest BCUT2D eigenvalue weighted by Crippen LogP contribution is -2.20. The number of carbonyl (C=O) groups excluding carboxylic acids is 4. The summed E-state index contributed by atoms with van der Waals surface area (Å²) in [7, 11) is 0. The number of nitrogens with one attached hydrogen (secondary N) is 2. The van der Waals surface area contributed by atoms with E-state index in [1.165, 1.54) is 74.0 Å². The molecule has 3 unspecified atom stereocenters. The SMILES string of the molecule is O=C(CC1CC2CCC1C2)Nc1cccc(-c2ccnc3c(C(=O)c4cccs4)cnn23)c1.O=C(CC1CCCCCC1)Nc1cccc(-c2ccnc3c(C(=O)c4cccs4)cnn23)c1. The average molecular weight is 915 g/mol. The molecule has 8 aromatic rings. The van der Waals surface area contributed by atoms with Crippen molar-refractivity contribution in [2.45, 2.75) is 77.0 Å². The van der Waals surface area contributed by atoms with Crippen molar-refractivity contribution in [3.63, 3.8) is 0 Å². The molecule has 3 fully saturated rings. The summed E-state index contributed by atoms with van der Waals surface area (Å²) in [6, 6.07) is 26.6. The number of anilines is 2. The van der Waals surface area contributed by atoms with E-state index in [2.05, 4.69) is 30.8 Å². The van der Waals surface area contributed by atoms with Gasteiger partial charge in [-0.05, 0) is 115 Å². The summed E-state index contributed by atoms with van der Waals surface area (Å²) in [5.41, 5.74) is 6.96. The smallest absolute Gasteiger partial charge is 0.224 e. The molecule has 3 aliphatic rings. The molecule has 2 amide bonds. The molecule has 12 nitrogen and oxygen atoms in total. The van der Waals surface area contributed by atoms with Gasteiger partial charge in [-0.2, -0.15) is 10.2 Å². The summed E-state index contributed by atoms with van der Waals surface area (Å²) in [5, 5.41) is 18.8. The predicted molar refractivity (Wildman–Crippen MR) is 259 cm³/mol. The molecule has 66 heavy (non-hydrogen) atoms. The number of aromatic nitrogens is 6. The van der Waals surface area contributed by atoms with Gasteiger partial charge in [0, 0.05) is 47.7 Å². The quantitative estimate of drug-likeness (QED) is 0.0907. The molecule has 0 radical (unpaired) electrons. The standard InChI is InChI=1S/C26H24N4O2S.C26H26N4O2S/c31-24(14-19-12-16-6-7-17(19)11-16)29-20-4-1-3-18(13-20)22-8-9-27-26-21(15-28-30(22)26)25(32)23-5-2-10-33-23;31-24(15-18-7-3-1-2-4-8-18)29-20-10-5-9-19(16-20)22-12-13-27-26-21(17-28-30(22)26)25(32)23-11-6-14-33-23/h1-5,8-10,13,15-17,19H,6-7,11-12,14H2,(H,29,31);5-6,9-14,16-18H,1-4,7-8,15H2,(H,29,31). The fraction of sp³-hybridized carbons (Fsp3) is 0.308. The lowest BCUT2D eigenvalue weighted by Gasteiger charge is -2.21. The Bertz CT molecular complexity index is 3020. The molecule has 14 heteroatoms. The first kappa shape index (κ1) is 43.3. The Morgan fingerprint density at radius 2 is 1.14 bits per heavy atom. The number of ketones is 2. The summed E-state index contributed by atoms with van der Waals surface area (Å²) >= 11 is 2.81. The second-order valence-corrected chi connectivity index (χ2v) is 19.7. The van der Waals surface area contributed by atoms with Gasteiger partial charge >= 0.3 is 0 Å². The summed E-state index contributed by atoms with van der Waals surface area (Å²) in [5.74, 6) is 2.61. The van der Waals surface area contributed by atoms with Crippen molar-refractivity contribution in [3.05, 3.63) is 141 Å². The monoisotopic (exact) mass is 914 g/mol. The molecule has 6 heterocycles. The molecule has 2 N–H and O–H groups in total. The zero-order chi connectivity index (χ0) is 45.0. The van der Waals surface area contributed by atoms with Gasteiger partial charge in [0.1, 0.15) is 0 Å². The van der Waals surface area contributed by atoms with Crippen LogP contribution in [0.3, 0.4) is 0 Å². The van der Waals surface area contributed by atoms with Crippen LogP contribution in [-0.4, -0.2) is 52.6 Å². The molecule has 2 aromatic carbocycles. The Hall–Kier alpha value is -6.64. The third-order valence-electron chi connectivity index (χ3n) is 13.4. The molecule has 3 saturated carbocycles. The maximum atomic E-state index is 12.9. The highest BCUT2D eigenvalue weighted by Crippen LogP contribution is 2.49. The van der Waals surface area contributed by atoms with E-state index in [9.17, 15) is 19.2 Å². The van der Waals surface area contributed by atoms with E-state index >= 15 is 0 Å². The maximum Gasteiger partial charge on any atom is 0.224 e. The van der Waals surface area contributed by atoms with Gasteiger partial charge in [0.15, 0.2) is 11.3 Å². The van der Waals surface area contributed by atoms with Crippen molar-refractivity contribution >= 4 is 68.7 Å². The molecule has 3 atom stereocenters. The number of carbonyl (C=O) groups is 4. The van der Waals surface area contributed by atoms with Gasteiger partial charge in [0.05, 0.1) is 44.7 Å². The van der Waals surface area contributed by atoms with Crippen molar-refractivity contribution in [2.24, 2.45) is 23.7 Å². The van der Waals surface area contributed by atoms with Crippen LogP contribution in [0.15, 0.2) is 120 Å². The maximum absolute atomic E-state index is 12.9. The Balaban J connectivity index is 0.000000155. The molecule has 11 rings (SSSR count). The predicted octanol–water partition coefficient (Wildman–Crippen LogP) is 11.4. The summed E-state index contributed by atoms with van der Waals surface area (Å²) < 4.78 is 3.38. The lowest BCUT2D eigenvalue weighted by atomic mass is 9.86. The van der Waals surface area contributed by atoms with Gasteiger partial charge in [0.25, 0.3) is 0 Å². The molecule has 0 aliphatic heterocycles. The zero-order valence-electron chi connectivity index (χ0n) is 36.5. The van der Waals surface area contributed by atoms with Gasteiger partial charge in [0.2, 0.25) is 23.4 Å². The topological polar surface area (TPSA) is 153 Å². The third kappa shape index (κ3) is 9.38. The van der Waals surface area contributed by atoms with Crippen LogP contribution in [0.1, 0.15) is 108 Å². The minimum absolute atomic E-state index is 0.0712. The number of thiophene rings is 2. The van der Waals surface area contributed by atoms with Gasteiger partial charge < -0.3 is 10.6 Å². The lowest BCUT2D eigenvalue weighted by molar-refractivity contribution is -0.118. The van der Waals surface area contributed by atoms with Gasteiger partial charge in [-0.15, -0.1) is 22.7 Å². The van der Waals surface area contributed by atoms with Crippen molar-refractivity contribution < 1.29 is 19.2 Å². The van der Waals surface area contributed by atoms with Crippen LogP contribution < -0.4 is 10.6 Å². The zero-order valence-corrected chi connectivity index (χ0v) is 38.1. The van der Waals surface area contributed by atoms with Gasteiger partial charge in [-0.1, -0.05) is 68.5 Å². The average Bonchev–Trinajstić information content (AvgIpc) is 4.21. The molecule has 334 valence electrons.